The Morgan fingerprint density at radius 1 is 1.03 bits per heavy atom. The van der Waals surface area contributed by atoms with Gasteiger partial charge in [-0.3, -0.25) is 9.59 Å². The van der Waals surface area contributed by atoms with Crippen LogP contribution in [0, 0.1) is 0 Å². The normalized spacial score (nSPS) is 13.6. The number of hydrogen-bond acceptors (Lipinski definition) is 7. The molecule has 9 nitrogen and oxygen atoms in total. The smallest absolute Gasteiger partial charge is 0.251 e. The summed E-state index contributed by atoms with van der Waals surface area (Å²) in [6.45, 7) is 7.01. The lowest BCUT2D eigenvalue weighted by atomic mass is 10.2. The topological polar surface area (TPSA) is 96.9 Å². The monoisotopic (exact) mass is 491 g/mol. The second-order valence-electron chi connectivity index (χ2n) is 6.78. The molecule has 2 amide bonds. The van der Waals surface area contributed by atoms with Crippen LogP contribution in [0.15, 0.2) is 35.1 Å². The van der Waals surface area contributed by atoms with Gasteiger partial charge in [-0.1, -0.05) is 0 Å². The Bertz CT molecular complexity index is 901. The molecule has 166 valence electrons. The van der Waals surface area contributed by atoms with Crippen LogP contribution in [0.2, 0.25) is 0 Å². The quantitative estimate of drug-likeness (QED) is 0.603. The van der Waals surface area contributed by atoms with Crippen molar-refractivity contribution in [2.45, 2.75) is 13.8 Å². The molecule has 0 atom stereocenters. The summed E-state index contributed by atoms with van der Waals surface area (Å²) in [4.78, 5) is 37.4. The molecule has 1 fully saturated rings. The van der Waals surface area contributed by atoms with Gasteiger partial charge in [-0.05, 0) is 48.0 Å². The molecule has 3 rings (SSSR count). The van der Waals surface area contributed by atoms with Gasteiger partial charge in [0.25, 0.3) is 5.91 Å². The first-order chi connectivity index (χ1) is 15.0. The molecule has 2 heterocycles. The maximum Gasteiger partial charge on any atom is 0.251 e. The third-order valence-corrected chi connectivity index (χ3v) is 5.14. The summed E-state index contributed by atoms with van der Waals surface area (Å²) in [6, 6.07) is 4.99. The highest BCUT2D eigenvalue weighted by atomic mass is 79.9. The van der Waals surface area contributed by atoms with Crippen LogP contribution in [0.1, 0.15) is 24.2 Å². The standard InChI is InChI=1S/C21H26BrN5O4/c1-3-30-17-6-5-15(11-18(17)31-4-2)20(29)23-14-19(28)26-7-9-27(10-8-26)21-24-12-16(22)13-25-21/h5-6,11-13H,3-4,7-10,14H2,1-2H3,(H,23,29). The van der Waals surface area contributed by atoms with E-state index in [4.69, 9.17) is 9.47 Å². The van der Waals surface area contributed by atoms with E-state index in [1.54, 1.807) is 35.5 Å². The average Bonchev–Trinajstić information content (AvgIpc) is 2.79. The third kappa shape index (κ3) is 6.06. The molecule has 0 spiro atoms. The van der Waals surface area contributed by atoms with Crippen molar-refractivity contribution in [3.05, 3.63) is 40.6 Å². The lowest BCUT2D eigenvalue weighted by molar-refractivity contribution is -0.130. The van der Waals surface area contributed by atoms with Gasteiger partial charge in [-0.2, -0.15) is 0 Å². The first-order valence-corrected chi connectivity index (χ1v) is 11.0. The molecular formula is C21H26BrN5O4. The van der Waals surface area contributed by atoms with Gasteiger partial charge in [0.05, 0.1) is 24.2 Å². The van der Waals surface area contributed by atoms with Crippen LogP contribution < -0.4 is 19.7 Å². The van der Waals surface area contributed by atoms with E-state index < -0.39 is 0 Å². The lowest BCUT2D eigenvalue weighted by Gasteiger charge is -2.34. The van der Waals surface area contributed by atoms with E-state index in [1.807, 2.05) is 18.7 Å². The van der Waals surface area contributed by atoms with Crippen molar-refractivity contribution in [2.24, 2.45) is 0 Å². The van der Waals surface area contributed by atoms with Crippen LogP contribution in [-0.4, -0.2) is 72.6 Å². The van der Waals surface area contributed by atoms with E-state index in [-0.39, 0.29) is 18.4 Å². The number of ether oxygens (including phenoxy) is 2. The summed E-state index contributed by atoms with van der Waals surface area (Å²) in [5.74, 6) is 1.28. The first-order valence-electron chi connectivity index (χ1n) is 10.2. The molecule has 0 aliphatic carbocycles. The van der Waals surface area contributed by atoms with E-state index in [0.29, 0.717) is 62.4 Å². The number of carbonyl (C=O) groups excluding carboxylic acids is 2. The van der Waals surface area contributed by atoms with Gasteiger partial charge in [-0.15, -0.1) is 0 Å². The van der Waals surface area contributed by atoms with Gasteiger partial charge < -0.3 is 24.6 Å². The Balaban J connectivity index is 1.51. The molecule has 1 aliphatic rings. The van der Waals surface area contributed by atoms with E-state index in [2.05, 4.69) is 31.2 Å². The molecule has 1 saturated heterocycles. The second-order valence-corrected chi connectivity index (χ2v) is 7.70. The number of nitrogens with one attached hydrogen (secondary N) is 1. The predicted octanol–water partition coefficient (Wildman–Crippen LogP) is 2.12. The van der Waals surface area contributed by atoms with Crippen molar-refractivity contribution in [2.75, 3.05) is 50.8 Å². The largest absolute Gasteiger partial charge is 0.490 e. The van der Waals surface area contributed by atoms with Gasteiger partial charge in [0.1, 0.15) is 0 Å². The lowest BCUT2D eigenvalue weighted by Crippen LogP contribution is -2.51. The SMILES string of the molecule is CCOc1ccc(C(=O)NCC(=O)N2CCN(c3ncc(Br)cn3)CC2)cc1OCC. The third-order valence-electron chi connectivity index (χ3n) is 4.73. The van der Waals surface area contributed by atoms with Crippen LogP contribution in [0.5, 0.6) is 11.5 Å². The number of nitrogens with zero attached hydrogens (tertiary/aromatic N) is 4. The summed E-state index contributed by atoms with van der Waals surface area (Å²) in [5, 5.41) is 2.70. The van der Waals surface area contributed by atoms with Gasteiger partial charge in [0.2, 0.25) is 11.9 Å². The minimum atomic E-state index is -0.334. The van der Waals surface area contributed by atoms with Crippen molar-refractivity contribution in [3.8, 4) is 11.5 Å². The molecule has 31 heavy (non-hydrogen) atoms. The van der Waals surface area contributed by atoms with Crippen LogP contribution in [0.25, 0.3) is 0 Å². The molecule has 0 bridgehead atoms. The summed E-state index contributed by atoms with van der Waals surface area (Å²) >= 11 is 3.32. The fourth-order valence-electron chi connectivity index (χ4n) is 3.19. The van der Waals surface area contributed by atoms with Crippen LogP contribution in [0.4, 0.5) is 5.95 Å². The minimum absolute atomic E-state index is 0.0647. The summed E-state index contributed by atoms with van der Waals surface area (Å²) in [7, 11) is 0. The number of aromatic nitrogens is 2. The zero-order chi connectivity index (χ0) is 22.2. The van der Waals surface area contributed by atoms with Gasteiger partial charge >= 0.3 is 0 Å². The Kier molecular flexibility index (Phi) is 8.05. The number of hydrogen-bond donors (Lipinski definition) is 1. The van der Waals surface area contributed by atoms with Crippen molar-refractivity contribution < 1.29 is 19.1 Å². The molecule has 1 aliphatic heterocycles. The van der Waals surface area contributed by atoms with Crippen molar-refractivity contribution in [1.82, 2.24) is 20.2 Å². The zero-order valence-corrected chi connectivity index (χ0v) is 19.2. The van der Waals surface area contributed by atoms with Crippen LogP contribution in [-0.2, 0) is 4.79 Å². The van der Waals surface area contributed by atoms with Gasteiger partial charge in [0.15, 0.2) is 11.5 Å². The predicted molar refractivity (Wildman–Crippen MR) is 120 cm³/mol. The van der Waals surface area contributed by atoms with E-state index >= 15 is 0 Å². The van der Waals surface area contributed by atoms with Crippen molar-refractivity contribution in [1.29, 1.82) is 0 Å². The maximum absolute atomic E-state index is 12.5. The van der Waals surface area contributed by atoms with Gasteiger partial charge in [-0.25, -0.2) is 9.97 Å². The van der Waals surface area contributed by atoms with Gasteiger partial charge in [0, 0.05) is 44.1 Å². The van der Waals surface area contributed by atoms with Crippen LogP contribution in [0.3, 0.4) is 0 Å². The Labute approximate surface area is 189 Å². The molecule has 0 unspecified atom stereocenters. The Hall–Kier alpha value is -2.88. The van der Waals surface area contributed by atoms with Crippen molar-refractivity contribution >= 4 is 33.7 Å². The summed E-state index contributed by atoms with van der Waals surface area (Å²) in [5.41, 5.74) is 0.414. The molecule has 1 aromatic heterocycles. The summed E-state index contributed by atoms with van der Waals surface area (Å²) < 4.78 is 11.9. The number of amides is 2. The molecule has 1 aromatic carbocycles. The number of carbonyl (C=O) groups is 2. The Morgan fingerprint density at radius 2 is 1.68 bits per heavy atom. The summed E-state index contributed by atoms with van der Waals surface area (Å²) in [6.07, 6.45) is 3.40. The number of benzene rings is 1. The molecule has 0 saturated carbocycles. The number of rotatable bonds is 8. The maximum atomic E-state index is 12.5. The zero-order valence-electron chi connectivity index (χ0n) is 17.6. The van der Waals surface area contributed by atoms with E-state index in [9.17, 15) is 9.59 Å². The van der Waals surface area contributed by atoms with Crippen LogP contribution >= 0.6 is 15.9 Å². The highest BCUT2D eigenvalue weighted by Crippen LogP contribution is 2.28. The van der Waals surface area contributed by atoms with E-state index in [1.165, 1.54) is 0 Å². The number of anilines is 1. The molecule has 1 N–H and O–H groups in total. The fourth-order valence-corrected chi connectivity index (χ4v) is 3.39. The molecule has 2 aromatic rings. The van der Waals surface area contributed by atoms with Crippen molar-refractivity contribution in [3.63, 3.8) is 0 Å². The highest BCUT2D eigenvalue weighted by Gasteiger charge is 2.23. The number of piperazine rings is 1. The molecule has 10 heteroatoms. The second kappa shape index (κ2) is 10.9. The Morgan fingerprint density at radius 3 is 2.32 bits per heavy atom. The average molecular weight is 492 g/mol. The minimum Gasteiger partial charge on any atom is -0.490 e. The highest BCUT2D eigenvalue weighted by molar-refractivity contribution is 9.10. The molecule has 0 radical (unpaired) electrons. The fraction of sp³-hybridized carbons (Fsp3) is 0.429. The first kappa shape index (κ1) is 22.8. The van der Waals surface area contributed by atoms with E-state index in [0.717, 1.165) is 4.47 Å². The number of halogens is 1. The molecular weight excluding hydrogens is 466 g/mol.